The Labute approximate surface area is 162 Å². The smallest absolute Gasteiger partial charge is 0.338 e. The molecule has 0 atom stereocenters. The largest absolute Gasteiger partial charge is 0.465 e. The molecule has 6 heteroatoms. The van der Waals surface area contributed by atoms with Gasteiger partial charge in [0.2, 0.25) is 5.91 Å². The molecule has 0 bridgehead atoms. The molecule has 142 valence electrons. The Kier molecular flexibility index (Phi) is 6.36. The minimum absolute atomic E-state index is 0.178. The average Bonchev–Trinajstić information content (AvgIpc) is 3.21. The lowest BCUT2D eigenvalue weighted by molar-refractivity contribution is -0.121. The summed E-state index contributed by atoms with van der Waals surface area (Å²) in [6, 6.07) is 20.2. The Morgan fingerprint density at radius 1 is 1.04 bits per heavy atom. The number of nitrogens with zero attached hydrogens (tertiary/aromatic N) is 1. The van der Waals surface area contributed by atoms with Gasteiger partial charge >= 0.3 is 5.97 Å². The molecule has 6 nitrogen and oxygen atoms in total. The first-order chi connectivity index (χ1) is 13.7. The van der Waals surface area contributed by atoms with Gasteiger partial charge < -0.3 is 9.15 Å². The zero-order valence-electron chi connectivity index (χ0n) is 15.4. The van der Waals surface area contributed by atoms with Crippen molar-refractivity contribution in [2.75, 3.05) is 7.11 Å². The van der Waals surface area contributed by atoms with Crippen molar-refractivity contribution in [3.63, 3.8) is 0 Å². The van der Waals surface area contributed by atoms with E-state index >= 15 is 0 Å². The van der Waals surface area contributed by atoms with E-state index in [1.165, 1.54) is 13.3 Å². The molecule has 0 aliphatic heterocycles. The number of aryl methyl sites for hydroxylation is 1. The third-order valence-corrected chi connectivity index (χ3v) is 4.09. The van der Waals surface area contributed by atoms with Gasteiger partial charge in [-0.15, -0.1) is 0 Å². The number of nitrogens with one attached hydrogen (secondary N) is 1. The van der Waals surface area contributed by atoms with Crippen molar-refractivity contribution in [3.8, 4) is 11.3 Å². The molecule has 0 unspecified atom stereocenters. The molecular formula is C22H20N2O4. The number of benzene rings is 2. The molecule has 28 heavy (non-hydrogen) atoms. The van der Waals surface area contributed by atoms with Crippen molar-refractivity contribution < 1.29 is 18.7 Å². The highest BCUT2D eigenvalue weighted by molar-refractivity contribution is 5.96. The van der Waals surface area contributed by atoms with Crippen LogP contribution in [0.1, 0.15) is 28.1 Å². The zero-order valence-corrected chi connectivity index (χ0v) is 15.4. The minimum Gasteiger partial charge on any atom is -0.465 e. The molecule has 0 aliphatic carbocycles. The molecule has 0 saturated heterocycles. The Bertz CT molecular complexity index is 977. The molecule has 0 aliphatic rings. The number of esters is 1. The van der Waals surface area contributed by atoms with Gasteiger partial charge in [-0.25, -0.2) is 10.2 Å². The lowest BCUT2D eigenvalue weighted by Gasteiger charge is -2.04. The van der Waals surface area contributed by atoms with E-state index in [0.29, 0.717) is 35.5 Å². The van der Waals surface area contributed by atoms with E-state index in [1.54, 1.807) is 30.3 Å². The van der Waals surface area contributed by atoms with Crippen molar-refractivity contribution in [1.82, 2.24) is 5.43 Å². The number of amides is 1. The summed E-state index contributed by atoms with van der Waals surface area (Å²) in [6.45, 7) is 0. The van der Waals surface area contributed by atoms with Crippen LogP contribution < -0.4 is 5.43 Å². The summed E-state index contributed by atoms with van der Waals surface area (Å²) in [7, 11) is 1.33. The molecule has 1 aromatic heterocycles. The highest BCUT2D eigenvalue weighted by Crippen LogP contribution is 2.25. The summed E-state index contributed by atoms with van der Waals surface area (Å²) < 4.78 is 10.5. The Morgan fingerprint density at radius 2 is 1.79 bits per heavy atom. The van der Waals surface area contributed by atoms with Gasteiger partial charge in [0.1, 0.15) is 11.5 Å². The topological polar surface area (TPSA) is 80.9 Å². The molecule has 2 aromatic carbocycles. The highest BCUT2D eigenvalue weighted by atomic mass is 16.5. The lowest BCUT2D eigenvalue weighted by Crippen LogP contribution is -2.17. The van der Waals surface area contributed by atoms with Crippen molar-refractivity contribution >= 4 is 18.1 Å². The number of rotatable bonds is 7. The van der Waals surface area contributed by atoms with Crippen LogP contribution in [0.4, 0.5) is 0 Å². The van der Waals surface area contributed by atoms with Crippen molar-refractivity contribution in [2.24, 2.45) is 5.10 Å². The molecule has 1 N–H and O–H groups in total. The number of hydrazone groups is 1. The van der Waals surface area contributed by atoms with Crippen LogP contribution in [0, 0.1) is 0 Å². The maximum Gasteiger partial charge on any atom is 0.338 e. The Hall–Kier alpha value is -3.67. The standard InChI is InChI=1S/C22H20N2O4/c1-27-22(26)19-10-6-5-9-18(19)20-13-12-17(28-20)15-23-24-21(25)14-11-16-7-3-2-4-8-16/h2-10,12-13,15H,11,14H2,1H3,(H,24,25)/b23-15-. The van der Waals surface area contributed by atoms with Crippen molar-refractivity contribution in [2.45, 2.75) is 12.8 Å². The van der Waals surface area contributed by atoms with Gasteiger partial charge in [0.15, 0.2) is 0 Å². The van der Waals surface area contributed by atoms with E-state index in [0.717, 1.165) is 5.56 Å². The summed E-state index contributed by atoms with van der Waals surface area (Å²) >= 11 is 0. The lowest BCUT2D eigenvalue weighted by atomic mass is 10.1. The van der Waals surface area contributed by atoms with Gasteiger partial charge in [-0.1, -0.05) is 48.5 Å². The molecule has 1 heterocycles. The van der Waals surface area contributed by atoms with E-state index in [4.69, 9.17) is 9.15 Å². The van der Waals surface area contributed by atoms with Gasteiger partial charge in [-0.3, -0.25) is 4.79 Å². The summed E-state index contributed by atoms with van der Waals surface area (Å²) in [5, 5.41) is 3.92. The maximum atomic E-state index is 11.9. The SMILES string of the molecule is COC(=O)c1ccccc1-c1ccc(/C=N\NC(=O)CCc2ccccc2)o1. The van der Waals surface area contributed by atoms with Crippen LogP contribution in [0.25, 0.3) is 11.3 Å². The fraction of sp³-hybridized carbons (Fsp3) is 0.136. The predicted molar refractivity (Wildman–Crippen MR) is 106 cm³/mol. The molecule has 0 spiro atoms. The summed E-state index contributed by atoms with van der Waals surface area (Å²) in [5.41, 5.74) is 4.62. The summed E-state index contributed by atoms with van der Waals surface area (Å²) in [4.78, 5) is 23.8. The number of methoxy groups -OCH3 is 1. The molecule has 0 radical (unpaired) electrons. The molecule has 3 rings (SSSR count). The fourth-order valence-electron chi connectivity index (χ4n) is 2.68. The average molecular weight is 376 g/mol. The number of hydrogen-bond acceptors (Lipinski definition) is 5. The van der Waals surface area contributed by atoms with Crippen LogP contribution in [-0.4, -0.2) is 25.2 Å². The Morgan fingerprint density at radius 3 is 2.57 bits per heavy atom. The third kappa shape index (κ3) is 4.94. The highest BCUT2D eigenvalue weighted by Gasteiger charge is 2.15. The molecule has 0 saturated carbocycles. The zero-order chi connectivity index (χ0) is 19.8. The summed E-state index contributed by atoms with van der Waals surface area (Å²) in [6.07, 6.45) is 2.42. The molecule has 1 amide bonds. The van der Waals surface area contributed by atoms with E-state index < -0.39 is 5.97 Å². The second-order valence-corrected chi connectivity index (χ2v) is 6.02. The normalized spacial score (nSPS) is 10.8. The van der Waals surface area contributed by atoms with Gasteiger partial charge in [0, 0.05) is 12.0 Å². The maximum absolute atomic E-state index is 11.9. The van der Waals surface area contributed by atoms with Crippen LogP contribution in [0.5, 0.6) is 0 Å². The first kappa shape index (κ1) is 19.1. The molecule has 0 fully saturated rings. The molecular weight excluding hydrogens is 356 g/mol. The monoisotopic (exact) mass is 376 g/mol. The first-order valence-electron chi connectivity index (χ1n) is 8.81. The van der Waals surface area contributed by atoms with Crippen LogP contribution in [0.15, 0.2) is 76.2 Å². The first-order valence-corrected chi connectivity index (χ1v) is 8.81. The number of furan rings is 1. The number of ether oxygens (including phenoxy) is 1. The number of hydrogen-bond donors (Lipinski definition) is 1. The number of carbonyl (C=O) groups excluding carboxylic acids is 2. The number of carbonyl (C=O) groups is 2. The van der Waals surface area contributed by atoms with Crippen molar-refractivity contribution in [1.29, 1.82) is 0 Å². The van der Waals surface area contributed by atoms with E-state index in [9.17, 15) is 9.59 Å². The molecule has 3 aromatic rings. The Balaban J connectivity index is 1.59. The second-order valence-electron chi connectivity index (χ2n) is 6.02. The van der Waals surface area contributed by atoms with Crippen LogP contribution in [-0.2, 0) is 16.0 Å². The van der Waals surface area contributed by atoms with E-state index in [-0.39, 0.29) is 5.91 Å². The minimum atomic E-state index is -0.437. The van der Waals surface area contributed by atoms with Gasteiger partial charge in [-0.2, -0.15) is 5.10 Å². The van der Waals surface area contributed by atoms with Gasteiger partial charge in [-0.05, 0) is 30.2 Å². The van der Waals surface area contributed by atoms with Gasteiger partial charge in [0.05, 0.1) is 18.9 Å². The quantitative estimate of drug-likeness (QED) is 0.386. The summed E-state index contributed by atoms with van der Waals surface area (Å²) in [5.74, 6) is 0.353. The second kappa shape index (κ2) is 9.32. The van der Waals surface area contributed by atoms with Crippen LogP contribution >= 0.6 is 0 Å². The van der Waals surface area contributed by atoms with Crippen molar-refractivity contribution in [3.05, 3.63) is 83.6 Å². The van der Waals surface area contributed by atoms with E-state index in [1.807, 2.05) is 36.4 Å². The predicted octanol–water partition coefficient (Wildman–Crippen LogP) is 3.82. The van der Waals surface area contributed by atoms with Crippen LogP contribution in [0.3, 0.4) is 0 Å². The third-order valence-electron chi connectivity index (χ3n) is 4.09. The van der Waals surface area contributed by atoms with Crippen LogP contribution in [0.2, 0.25) is 0 Å². The van der Waals surface area contributed by atoms with Gasteiger partial charge in [0.25, 0.3) is 0 Å². The van der Waals surface area contributed by atoms with E-state index in [2.05, 4.69) is 10.5 Å². The fourth-order valence-corrected chi connectivity index (χ4v) is 2.68.